The van der Waals surface area contributed by atoms with E-state index in [4.69, 9.17) is 11.6 Å². The first-order valence-electron chi connectivity index (χ1n) is 12.1. The number of carbonyl (C=O) groups excluding carboxylic acids is 3. The fourth-order valence-electron chi connectivity index (χ4n) is 5.06. The molecule has 6 rings (SSSR count). The lowest BCUT2D eigenvalue weighted by Gasteiger charge is -2.31. The summed E-state index contributed by atoms with van der Waals surface area (Å²) >= 11 is 7.95. The van der Waals surface area contributed by atoms with Crippen LogP contribution in [-0.2, 0) is 20.9 Å². The van der Waals surface area contributed by atoms with Crippen molar-refractivity contribution in [1.29, 1.82) is 0 Å². The van der Waals surface area contributed by atoms with Gasteiger partial charge in [-0.15, -0.1) is 0 Å². The Kier molecular flexibility index (Phi) is 6.73. The van der Waals surface area contributed by atoms with Gasteiger partial charge in [0.2, 0.25) is 17.7 Å². The van der Waals surface area contributed by atoms with Crippen LogP contribution in [0.1, 0.15) is 16.4 Å². The number of nitrogens with one attached hydrogen (secondary N) is 1. The zero-order chi connectivity index (χ0) is 28.1. The standard InChI is InChI=1S/C28H19ClFN3O5S2/c29-14-5-11-17(12-6-14)33-25(36)22-21(18-3-1-2-4-19(18)34)24-27(39-23(22)26(33)37)32(28(38)40-24)13-20(35)31-16-9-7-15(30)8-10-16/h1-12,21-23,34H,13H2,(H,31,35)/t21-,22+,23-/m0/s1. The molecule has 3 heterocycles. The van der Waals surface area contributed by atoms with E-state index in [1.165, 1.54) is 34.9 Å². The molecule has 0 spiro atoms. The topological polar surface area (TPSA) is 109 Å². The van der Waals surface area contributed by atoms with E-state index in [1.54, 1.807) is 42.5 Å². The Morgan fingerprint density at radius 2 is 1.68 bits per heavy atom. The molecule has 202 valence electrons. The van der Waals surface area contributed by atoms with Crippen molar-refractivity contribution in [3.8, 4) is 5.75 Å². The molecular weight excluding hydrogens is 577 g/mol. The van der Waals surface area contributed by atoms with Crippen molar-refractivity contribution in [3.63, 3.8) is 0 Å². The van der Waals surface area contributed by atoms with Gasteiger partial charge >= 0.3 is 4.87 Å². The second-order valence-corrected chi connectivity index (χ2v) is 11.8. The van der Waals surface area contributed by atoms with Gasteiger partial charge < -0.3 is 10.4 Å². The number of hydrogen-bond acceptors (Lipinski definition) is 7. The molecule has 4 aromatic rings. The molecule has 2 aliphatic heterocycles. The number of thioether (sulfide) groups is 1. The number of aromatic hydroxyl groups is 1. The van der Waals surface area contributed by atoms with Crippen molar-refractivity contribution < 1.29 is 23.9 Å². The van der Waals surface area contributed by atoms with Gasteiger partial charge in [0.15, 0.2) is 0 Å². The summed E-state index contributed by atoms with van der Waals surface area (Å²) < 4.78 is 14.5. The number of imide groups is 1. The van der Waals surface area contributed by atoms with Gasteiger partial charge in [-0.3, -0.25) is 23.7 Å². The van der Waals surface area contributed by atoms with Gasteiger partial charge in [0.25, 0.3) is 0 Å². The zero-order valence-corrected chi connectivity index (χ0v) is 22.8. The SMILES string of the molecule is O=C(Cn1c2c(sc1=O)[C@@H](c1ccccc1O)[C@H]1C(=O)N(c3ccc(Cl)cc3)C(=O)[C@H]1S2)Nc1ccc(F)cc1. The van der Waals surface area contributed by atoms with Gasteiger partial charge in [0.05, 0.1) is 16.6 Å². The molecular formula is C28H19ClFN3O5S2. The van der Waals surface area contributed by atoms with Crippen molar-refractivity contribution >= 4 is 63.8 Å². The van der Waals surface area contributed by atoms with Crippen LogP contribution in [0.3, 0.4) is 0 Å². The van der Waals surface area contributed by atoms with Crippen LogP contribution in [0.15, 0.2) is 82.6 Å². The molecule has 3 aromatic carbocycles. The summed E-state index contributed by atoms with van der Waals surface area (Å²) in [6.07, 6.45) is 0. The number of carbonyl (C=O) groups is 3. The van der Waals surface area contributed by atoms with Crippen LogP contribution in [0.5, 0.6) is 5.75 Å². The number of phenols is 1. The van der Waals surface area contributed by atoms with E-state index < -0.39 is 45.5 Å². The highest BCUT2D eigenvalue weighted by Crippen LogP contribution is 2.55. The minimum absolute atomic E-state index is 0.0734. The number of phenolic OH excluding ortho intramolecular Hbond substituents is 1. The normalized spacial score (nSPS) is 19.9. The molecule has 40 heavy (non-hydrogen) atoms. The molecule has 0 radical (unpaired) electrons. The lowest BCUT2D eigenvalue weighted by molar-refractivity contribution is -0.122. The van der Waals surface area contributed by atoms with Crippen LogP contribution in [0.4, 0.5) is 15.8 Å². The lowest BCUT2D eigenvalue weighted by atomic mass is 9.82. The monoisotopic (exact) mass is 595 g/mol. The maximum absolute atomic E-state index is 13.8. The highest BCUT2D eigenvalue weighted by molar-refractivity contribution is 8.00. The number of benzene rings is 3. The Morgan fingerprint density at radius 1 is 0.975 bits per heavy atom. The Balaban J connectivity index is 1.41. The van der Waals surface area contributed by atoms with E-state index in [0.29, 0.717) is 31.9 Å². The van der Waals surface area contributed by atoms with E-state index in [9.17, 15) is 28.7 Å². The number of para-hydroxylation sites is 1. The Labute approximate surface area is 240 Å². The molecule has 1 saturated heterocycles. The minimum Gasteiger partial charge on any atom is -0.508 e. The van der Waals surface area contributed by atoms with Crippen LogP contribution in [0.25, 0.3) is 0 Å². The molecule has 0 saturated carbocycles. The summed E-state index contributed by atoms with van der Waals surface area (Å²) in [5.41, 5.74) is 1.13. The first kappa shape index (κ1) is 26.3. The van der Waals surface area contributed by atoms with E-state index >= 15 is 0 Å². The van der Waals surface area contributed by atoms with Gasteiger partial charge in [-0.2, -0.15) is 0 Å². The maximum Gasteiger partial charge on any atom is 0.308 e. The highest BCUT2D eigenvalue weighted by atomic mass is 35.5. The Bertz CT molecular complexity index is 1720. The second kappa shape index (κ2) is 10.2. The minimum atomic E-state index is -0.902. The van der Waals surface area contributed by atoms with Gasteiger partial charge in [-0.25, -0.2) is 9.29 Å². The van der Waals surface area contributed by atoms with Crippen molar-refractivity contribution in [3.05, 3.63) is 104 Å². The van der Waals surface area contributed by atoms with Crippen LogP contribution >= 0.6 is 34.7 Å². The van der Waals surface area contributed by atoms with Gasteiger partial charge in [-0.1, -0.05) is 52.9 Å². The predicted molar refractivity (Wildman–Crippen MR) is 151 cm³/mol. The molecule has 0 aliphatic carbocycles. The van der Waals surface area contributed by atoms with Gasteiger partial charge in [-0.05, 0) is 54.6 Å². The molecule has 12 heteroatoms. The lowest BCUT2D eigenvalue weighted by Crippen LogP contribution is -2.33. The smallest absolute Gasteiger partial charge is 0.308 e. The molecule has 3 amide bonds. The predicted octanol–water partition coefficient (Wildman–Crippen LogP) is 4.84. The summed E-state index contributed by atoms with van der Waals surface area (Å²) in [6.45, 7) is -0.358. The third kappa shape index (κ3) is 4.49. The van der Waals surface area contributed by atoms with E-state index in [-0.39, 0.29) is 12.3 Å². The number of fused-ring (bicyclic) bond motifs is 2. The number of anilines is 2. The number of halogens is 2. The average molecular weight is 596 g/mol. The Morgan fingerprint density at radius 3 is 2.38 bits per heavy atom. The molecule has 3 atom stereocenters. The second-order valence-electron chi connectivity index (χ2n) is 9.27. The number of thiazole rings is 1. The first-order valence-corrected chi connectivity index (χ1v) is 14.2. The number of aromatic nitrogens is 1. The summed E-state index contributed by atoms with van der Waals surface area (Å²) in [4.78, 5) is 54.8. The number of amides is 3. The highest BCUT2D eigenvalue weighted by Gasteiger charge is 2.57. The van der Waals surface area contributed by atoms with Crippen molar-refractivity contribution in [1.82, 2.24) is 4.57 Å². The van der Waals surface area contributed by atoms with Crippen molar-refractivity contribution in [2.45, 2.75) is 22.7 Å². The molecule has 8 nitrogen and oxygen atoms in total. The molecule has 1 fully saturated rings. The Hall–Kier alpha value is -3.93. The van der Waals surface area contributed by atoms with Crippen molar-refractivity contribution in [2.24, 2.45) is 5.92 Å². The molecule has 2 aliphatic rings. The third-order valence-electron chi connectivity index (χ3n) is 6.84. The largest absolute Gasteiger partial charge is 0.508 e. The molecule has 1 aromatic heterocycles. The molecule has 0 bridgehead atoms. The zero-order valence-electron chi connectivity index (χ0n) is 20.4. The fraction of sp³-hybridized carbons (Fsp3) is 0.143. The first-order chi connectivity index (χ1) is 19.2. The van der Waals surface area contributed by atoms with Crippen LogP contribution in [0.2, 0.25) is 5.02 Å². The summed E-state index contributed by atoms with van der Waals surface area (Å²) in [5.74, 6) is -3.66. The molecule has 0 unspecified atom stereocenters. The maximum atomic E-state index is 13.8. The van der Waals surface area contributed by atoms with E-state index in [2.05, 4.69) is 5.32 Å². The van der Waals surface area contributed by atoms with Gasteiger partial charge in [0, 0.05) is 27.1 Å². The van der Waals surface area contributed by atoms with Crippen LogP contribution < -0.4 is 15.1 Å². The molecule has 2 N–H and O–H groups in total. The fourth-order valence-corrected chi connectivity index (χ4v) is 7.95. The summed E-state index contributed by atoms with van der Waals surface area (Å²) in [7, 11) is 0. The summed E-state index contributed by atoms with van der Waals surface area (Å²) in [5, 5.41) is 13.4. The quantitative estimate of drug-likeness (QED) is 0.320. The number of nitrogens with zero attached hydrogens (tertiary/aromatic N) is 2. The number of hydrogen-bond donors (Lipinski definition) is 2. The number of rotatable bonds is 5. The van der Waals surface area contributed by atoms with E-state index in [1.807, 2.05) is 0 Å². The summed E-state index contributed by atoms with van der Waals surface area (Å²) in [6, 6.07) is 18.1. The average Bonchev–Trinajstić information content (AvgIpc) is 3.37. The third-order valence-corrected chi connectivity index (χ3v) is 9.69. The van der Waals surface area contributed by atoms with Crippen LogP contribution in [-0.4, -0.2) is 32.6 Å². The van der Waals surface area contributed by atoms with Crippen molar-refractivity contribution in [2.75, 3.05) is 10.2 Å². The van der Waals surface area contributed by atoms with E-state index in [0.717, 1.165) is 28.0 Å². The van der Waals surface area contributed by atoms with Crippen LogP contribution in [0, 0.1) is 11.7 Å². The van der Waals surface area contributed by atoms with Gasteiger partial charge in [0.1, 0.15) is 23.4 Å².